The van der Waals surface area contributed by atoms with Gasteiger partial charge in [-0.05, 0) is 30.7 Å². The Bertz CT molecular complexity index is 538. The molecule has 18 heavy (non-hydrogen) atoms. The molecule has 0 aliphatic heterocycles. The van der Waals surface area contributed by atoms with Crippen LogP contribution in [0.5, 0.6) is 11.5 Å². The Labute approximate surface area is 107 Å². The molecular formula is C15H17NO2. The first-order chi connectivity index (χ1) is 8.74. The van der Waals surface area contributed by atoms with E-state index in [0.717, 1.165) is 22.9 Å². The second-order valence-electron chi connectivity index (χ2n) is 4.01. The molecule has 0 saturated heterocycles. The summed E-state index contributed by atoms with van der Waals surface area (Å²) in [5, 5.41) is 3.36. The van der Waals surface area contributed by atoms with E-state index < -0.39 is 0 Å². The fourth-order valence-electron chi connectivity index (χ4n) is 1.78. The predicted molar refractivity (Wildman–Crippen MR) is 74.0 cm³/mol. The van der Waals surface area contributed by atoms with Gasteiger partial charge in [0.15, 0.2) is 11.5 Å². The van der Waals surface area contributed by atoms with Crippen LogP contribution in [0.25, 0.3) is 0 Å². The molecule has 3 heteroatoms. The van der Waals surface area contributed by atoms with Gasteiger partial charge >= 0.3 is 0 Å². The number of anilines is 2. The van der Waals surface area contributed by atoms with Crippen molar-refractivity contribution in [1.82, 2.24) is 0 Å². The Balaban J connectivity index is 2.27. The number of ether oxygens (including phenoxy) is 2. The SMILES string of the molecule is COc1ccc(Nc2ccccc2C)cc1OC. The lowest BCUT2D eigenvalue weighted by Gasteiger charge is -2.12. The maximum absolute atomic E-state index is 5.28. The zero-order valence-corrected chi connectivity index (χ0v) is 10.9. The van der Waals surface area contributed by atoms with Gasteiger partial charge in [-0.25, -0.2) is 0 Å². The predicted octanol–water partition coefficient (Wildman–Crippen LogP) is 3.76. The molecule has 0 aliphatic rings. The summed E-state index contributed by atoms with van der Waals surface area (Å²) in [6, 6.07) is 13.9. The van der Waals surface area contributed by atoms with Crippen molar-refractivity contribution in [2.75, 3.05) is 19.5 Å². The number of aryl methyl sites for hydroxylation is 1. The van der Waals surface area contributed by atoms with E-state index in [1.165, 1.54) is 5.56 Å². The molecular weight excluding hydrogens is 226 g/mol. The highest BCUT2D eigenvalue weighted by Gasteiger charge is 2.05. The normalized spacial score (nSPS) is 9.94. The van der Waals surface area contributed by atoms with E-state index in [4.69, 9.17) is 9.47 Å². The van der Waals surface area contributed by atoms with Gasteiger partial charge in [0.25, 0.3) is 0 Å². The van der Waals surface area contributed by atoms with Crippen molar-refractivity contribution in [1.29, 1.82) is 0 Å². The molecule has 0 amide bonds. The van der Waals surface area contributed by atoms with Crippen LogP contribution >= 0.6 is 0 Å². The third-order valence-electron chi connectivity index (χ3n) is 2.81. The van der Waals surface area contributed by atoms with Crippen LogP contribution in [-0.2, 0) is 0 Å². The first-order valence-corrected chi connectivity index (χ1v) is 5.79. The summed E-state index contributed by atoms with van der Waals surface area (Å²) in [4.78, 5) is 0. The van der Waals surface area contributed by atoms with Gasteiger partial charge < -0.3 is 14.8 Å². The Morgan fingerprint density at radius 1 is 0.889 bits per heavy atom. The highest BCUT2D eigenvalue weighted by molar-refractivity contribution is 5.65. The largest absolute Gasteiger partial charge is 0.493 e. The number of hydrogen-bond acceptors (Lipinski definition) is 3. The highest BCUT2D eigenvalue weighted by atomic mass is 16.5. The third kappa shape index (κ3) is 2.56. The van der Waals surface area contributed by atoms with Crippen LogP contribution in [0, 0.1) is 6.92 Å². The summed E-state index contributed by atoms with van der Waals surface area (Å²) in [6.45, 7) is 2.07. The number of rotatable bonds is 4. The van der Waals surface area contributed by atoms with Gasteiger partial charge in [0, 0.05) is 17.4 Å². The second-order valence-corrected chi connectivity index (χ2v) is 4.01. The molecule has 0 radical (unpaired) electrons. The van der Waals surface area contributed by atoms with E-state index in [1.807, 2.05) is 36.4 Å². The molecule has 94 valence electrons. The molecule has 3 nitrogen and oxygen atoms in total. The molecule has 0 saturated carbocycles. The smallest absolute Gasteiger partial charge is 0.162 e. The Morgan fingerprint density at radius 2 is 1.61 bits per heavy atom. The maximum atomic E-state index is 5.28. The summed E-state index contributed by atoms with van der Waals surface area (Å²) in [5.74, 6) is 1.45. The van der Waals surface area contributed by atoms with Crippen molar-refractivity contribution >= 4 is 11.4 Å². The van der Waals surface area contributed by atoms with E-state index in [9.17, 15) is 0 Å². The van der Waals surface area contributed by atoms with Crippen molar-refractivity contribution in [3.63, 3.8) is 0 Å². The van der Waals surface area contributed by atoms with Crippen molar-refractivity contribution in [2.24, 2.45) is 0 Å². The van der Waals surface area contributed by atoms with Crippen LogP contribution in [0.3, 0.4) is 0 Å². The molecule has 0 aromatic heterocycles. The fraction of sp³-hybridized carbons (Fsp3) is 0.200. The van der Waals surface area contributed by atoms with Gasteiger partial charge in [0.05, 0.1) is 14.2 Å². The van der Waals surface area contributed by atoms with Crippen LogP contribution in [0.4, 0.5) is 11.4 Å². The van der Waals surface area contributed by atoms with Crippen molar-refractivity contribution < 1.29 is 9.47 Å². The maximum Gasteiger partial charge on any atom is 0.162 e. The molecule has 2 rings (SSSR count). The lowest BCUT2D eigenvalue weighted by molar-refractivity contribution is 0.355. The van der Waals surface area contributed by atoms with Crippen LogP contribution in [-0.4, -0.2) is 14.2 Å². The summed E-state index contributed by atoms with van der Waals surface area (Å²) < 4.78 is 10.5. The minimum absolute atomic E-state index is 0.719. The molecule has 1 N–H and O–H groups in total. The van der Waals surface area contributed by atoms with E-state index in [1.54, 1.807) is 14.2 Å². The number of methoxy groups -OCH3 is 2. The average Bonchev–Trinajstić information content (AvgIpc) is 2.41. The van der Waals surface area contributed by atoms with Crippen LogP contribution in [0.15, 0.2) is 42.5 Å². The van der Waals surface area contributed by atoms with Gasteiger partial charge in [-0.3, -0.25) is 0 Å². The number of para-hydroxylation sites is 1. The summed E-state index contributed by atoms with van der Waals surface area (Å²) in [6.07, 6.45) is 0. The van der Waals surface area contributed by atoms with Crippen LogP contribution in [0.1, 0.15) is 5.56 Å². The van der Waals surface area contributed by atoms with Crippen LogP contribution < -0.4 is 14.8 Å². The monoisotopic (exact) mass is 243 g/mol. The Kier molecular flexibility index (Phi) is 3.72. The summed E-state index contributed by atoms with van der Waals surface area (Å²) in [7, 11) is 3.27. The van der Waals surface area contributed by atoms with Gasteiger partial charge in [-0.1, -0.05) is 18.2 Å². The zero-order chi connectivity index (χ0) is 13.0. The summed E-state index contributed by atoms with van der Waals surface area (Å²) >= 11 is 0. The molecule has 0 heterocycles. The minimum Gasteiger partial charge on any atom is -0.493 e. The number of benzene rings is 2. The van der Waals surface area contributed by atoms with E-state index in [-0.39, 0.29) is 0 Å². The average molecular weight is 243 g/mol. The third-order valence-corrected chi connectivity index (χ3v) is 2.81. The molecule has 0 aliphatic carbocycles. The van der Waals surface area contributed by atoms with Crippen molar-refractivity contribution in [3.8, 4) is 11.5 Å². The van der Waals surface area contributed by atoms with Gasteiger partial charge in [-0.2, -0.15) is 0 Å². The summed E-state index contributed by atoms with van der Waals surface area (Å²) in [5.41, 5.74) is 3.26. The van der Waals surface area contributed by atoms with E-state index in [0.29, 0.717) is 0 Å². The first kappa shape index (κ1) is 12.3. The topological polar surface area (TPSA) is 30.5 Å². The van der Waals surface area contributed by atoms with Gasteiger partial charge in [-0.15, -0.1) is 0 Å². The molecule has 0 unspecified atom stereocenters. The molecule has 2 aromatic carbocycles. The highest BCUT2D eigenvalue weighted by Crippen LogP contribution is 2.31. The molecule has 2 aromatic rings. The Morgan fingerprint density at radius 3 is 2.28 bits per heavy atom. The molecule has 0 spiro atoms. The number of nitrogens with one attached hydrogen (secondary N) is 1. The second kappa shape index (κ2) is 5.45. The lowest BCUT2D eigenvalue weighted by atomic mass is 10.2. The van der Waals surface area contributed by atoms with Crippen LogP contribution in [0.2, 0.25) is 0 Å². The molecule has 0 atom stereocenters. The quantitative estimate of drug-likeness (QED) is 0.887. The first-order valence-electron chi connectivity index (χ1n) is 5.79. The number of hydrogen-bond donors (Lipinski definition) is 1. The van der Waals surface area contributed by atoms with E-state index >= 15 is 0 Å². The molecule has 0 fully saturated rings. The van der Waals surface area contributed by atoms with Crippen molar-refractivity contribution in [2.45, 2.75) is 6.92 Å². The lowest BCUT2D eigenvalue weighted by Crippen LogP contribution is -1.95. The van der Waals surface area contributed by atoms with E-state index in [2.05, 4.69) is 18.3 Å². The van der Waals surface area contributed by atoms with Crippen molar-refractivity contribution in [3.05, 3.63) is 48.0 Å². The fourth-order valence-corrected chi connectivity index (χ4v) is 1.78. The minimum atomic E-state index is 0.719. The molecule has 0 bridgehead atoms. The zero-order valence-electron chi connectivity index (χ0n) is 10.9. The van der Waals surface area contributed by atoms with Gasteiger partial charge in [0.2, 0.25) is 0 Å². The van der Waals surface area contributed by atoms with Gasteiger partial charge in [0.1, 0.15) is 0 Å². The standard InChI is InChI=1S/C15H17NO2/c1-11-6-4-5-7-13(11)16-12-8-9-14(17-2)15(10-12)18-3/h4-10,16H,1-3H3. The Hall–Kier alpha value is -2.16.